The van der Waals surface area contributed by atoms with Crippen LogP contribution in [-0.4, -0.2) is 18.2 Å². The van der Waals surface area contributed by atoms with Gasteiger partial charge in [0.25, 0.3) is 0 Å². The lowest BCUT2D eigenvalue weighted by Crippen LogP contribution is -2.32. The lowest BCUT2D eigenvalue weighted by Gasteiger charge is -2.32. The monoisotopic (exact) mass is 632 g/mol. The summed E-state index contributed by atoms with van der Waals surface area (Å²) >= 11 is 0. The summed E-state index contributed by atoms with van der Waals surface area (Å²) in [6.07, 6.45) is 14.6. The van der Waals surface area contributed by atoms with Crippen molar-refractivity contribution < 1.29 is 4.74 Å². The molecule has 4 aromatic carbocycles. The van der Waals surface area contributed by atoms with Gasteiger partial charge in [-0.25, -0.2) is 0 Å². The van der Waals surface area contributed by atoms with Gasteiger partial charge in [-0.3, -0.25) is 0 Å². The molecule has 2 aliphatic heterocycles. The van der Waals surface area contributed by atoms with E-state index in [0.29, 0.717) is 5.92 Å². The van der Waals surface area contributed by atoms with E-state index < -0.39 is 0 Å². The second-order valence-corrected chi connectivity index (χ2v) is 16.1. The average molecular weight is 633 g/mol. The Hall–Kier alpha value is -4.50. The van der Waals surface area contributed by atoms with Gasteiger partial charge in [0.2, 0.25) is 0 Å². The van der Waals surface area contributed by atoms with Crippen LogP contribution in [0, 0.1) is 0 Å². The summed E-state index contributed by atoms with van der Waals surface area (Å²) in [6.45, 7) is 13.8. The third-order valence-corrected chi connectivity index (χ3v) is 10.8. The first-order valence-corrected chi connectivity index (χ1v) is 17.8. The fraction of sp³-hybridized carbons (Fsp3) is 0.333. The van der Waals surface area contributed by atoms with Crippen LogP contribution in [0.3, 0.4) is 0 Å². The van der Waals surface area contributed by atoms with Crippen molar-refractivity contribution in [2.75, 3.05) is 9.80 Å². The van der Waals surface area contributed by atoms with E-state index in [0.717, 1.165) is 25.0 Å². The summed E-state index contributed by atoms with van der Waals surface area (Å²) in [5.41, 5.74) is 12.1. The van der Waals surface area contributed by atoms with E-state index in [4.69, 9.17) is 4.74 Å². The number of ether oxygens (including phenoxy) is 1. The smallest absolute Gasteiger partial charge is 0.121 e. The zero-order chi connectivity index (χ0) is 33.2. The van der Waals surface area contributed by atoms with Crippen molar-refractivity contribution in [1.29, 1.82) is 0 Å². The van der Waals surface area contributed by atoms with Gasteiger partial charge in [-0.15, -0.1) is 0 Å². The van der Waals surface area contributed by atoms with E-state index >= 15 is 0 Å². The summed E-state index contributed by atoms with van der Waals surface area (Å²) < 4.78 is 7.02. The number of benzene rings is 4. The minimum absolute atomic E-state index is 0.0828. The van der Waals surface area contributed by atoms with Crippen molar-refractivity contribution >= 4 is 28.3 Å². The number of rotatable bonds is 4. The normalized spacial score (nSPS) is 22.8. The molecule has 0 bridgehead atoms. The van der Waals surface area contributed by atoms with Gasteiger partial charge < -0.3 is 14.5 Å². The Labute approximate surface area is 287 Å². The maximum absolute atomic E-state index is 7.02. The molecule has 3 heteroatoms. The van der Waals surface area contributed by atoms with Crippen molar-refractivity contribution in [3.05, 3.63) is 144 Å². The fourth-order valence-electron chi connectivity index (χ4n) is 8.24. The molecule has 0 fully saturated rings. The number of fused-ring (bicyclic) bond motifs is 6. The molecule has 0 spiro atoms. The number of para-hydroxylation sites is 1. The fourth-order valence-corrected chi connectivity index (χ4v) is 8.24. The number of hydrogen-bond acceptors (Lipinski definition) is 3. The molecule has 2 aliphatic carbocycles. The second kappa shape index (κ2) is 11.6. The molecular weight excluding hydrogens is 585 g/mol. The molecule has 0 radical (unpaired) electrons. The molecule has 4 aromatic rings. The van der Waals surface area contributed by atoms with Crippen LogP contribution in [-0.2, 0) is 10.8 Å². The first-order valence-electron chi connectivity index (χ1n) is 17.8. The molecule has 3 nitrogen and oxygen atoms in total. The highest BCUT2D eigenvalue weighted by Gasteiger charge is 2.40. The van der Waals surface area contributed by atoms with Gasteiger partial charge in [-0.05, 0) is 82.3 Å². The highest BCUT2D eigenvalue weighted by molar-refractivity contribution is 5.92. The molecule has 0 aromatic heterocycles. The minimum Gasteiger partial charge on any atom is -0.490 e. The van der Waals surface area contributed by atoms with Crippen LogP contribution in [0.15, 0.2) is 121 Å². The minimum atomic E-state index is 0.0828. The lowest BCUT2D eigenvalue weighted by molar-refractivity contribution is 0.181. The van der Waals surface area contributed by atoms with Gasteiger partial charge >= 0.3 is 0 Å². The first-order chi connectivity index (χ1) is 23.1. The van der Waals surface area contributed by atoms with Gasteiger partial charge in [0.1, 0.15) is 11.9 Å². The summed E-state index contributed by atoms with van der Waals surface area (Å²) in [7, 11) is 0. The summed E-state index contributed by atoms with van der Waals surface area (Å²) in [6, 6.07) is 34.5. The van der Waals surface area contributed by atoms with Gasteiger partial charge in [0.05, 0.1) is 12.1 Å². The predicted molar refractivity (Wildman–Crippen MR) is 202 cm³/mol. The number of allylic oxidation sites excluding steroid dienone is 3. The molecule has 4 aliphatic rings. The van der Waals surface area contributed by atoms with Crippen molar-refractivity contribution in [2.24, 2.45) is 0 Å². The molecular formula is C45H48N2O. The largest absolute Gasteiger partial charge is 0.490 e. The lowest BCUT2D eigenvalue weighted by atomic mass is 9.86. The van der Waals surface area contributed by atoms with E-state index in [1.807, 2.05) is 0 Å². The molecule has 2 heterocycles. The highest BCUT2D eigenvalue weighted by atomic mass is 16.5. The van der Waals surface area contributed by atoms with Crippen LogP contribution < -0.4 is 14.5 Å². The van der Waals surface area contributed by atoms with Gasteiger partial charge in [-0.1, -0.05) is 120 Å². The van der Waals surface area contributed by atoms with Crippen molar-refractivity contribution in [1.82, 2.24) is 0 Å². The Morgan fingerprint density at radius 1 is 0.667 bits per heavy atom. The highest BCUT2D eigenvalue weighted by Crippen LogP contribution is 2.51. The molecule has 4 unspecified atom stereocenters. The number of hydrogen-bond donors (Lipinski definition) is 0. The zero-order valence-electron chi connectivity index (χ0n) is 29.3. The molecule has 48 heavy (non-hydrogen) atoms. The van der Waals surface area contributed by atoms with E-state index in [2.05, 4.69) is 173 Å². The Morgan fingerprint density at radius 2 is 1.35 bits per heavy atom. The van der Waals surface area contributed by atoms with Crippen LogP contribution in [0.4, 0.5) is 22.7 Å². The molecule has 4 atom stereocenters. The molecule has 0 amide bonds. The summed E-state index contributed by atoms with van der Waals surface area (Å²) in [4.78, 5) is 5.11. The SMILES string of the molecule is CC(C)(C)c1cccc(N2c3ccccc3C3=CCCC(Oc4ccc5c(c4)N(c4cccc(C(C)(C)C)c4)C4C=CC=CC54)CC32)c1. The molecule has 0 N–H and O–H groups in total. The van der Waals surface area contributed by atoms with Crippen LogP contribution in [0.5, 0.6) is 5.75 Å². The standard InChI is InChI=1S/C45H48N2O/c1-44(2,3)30-14-11-16-32(26-30)46-40-22-9-7-19-36(40)38-21-13-18-34(28-42(38)46)48-35-24-25-39-37-20-8-10-23-41(37)47(43(39)29-35)33-17-12-15-31(27-33)45(4,5)6/h7-12,14-17,19-27,29,34,37,41-42H,13,18,28H2,1-6H3. The van der Waals surface area contributed by atoms with Gasteiger partial charge in [0.15, 0.2) is 0 Å². The predicted octanol–water partition coefficient (Wildman–Crippen LogP) is 11.5. The quantitative estimate of drug-likeness (QED) is 0.223. The molecule has 0 saturated carbocycles. The van der Waals surface area contributed by atoms with Crippen LogP contribution in [0.1, 0.15) is 89.0 Å². The Morgan fingerprint density at radius 3 is 2.08 bits per heavy atom. The van der Waals surface area contributed by atoms with E-state index in [1.54, 1.807) is 0 Å². The van der Waals surface area contributed by atoms with Gasteiger partial charge in [-0.2, -0.15) is 0 Å². The summed E-state index contributed by atoms with van der Waals surface area (Å²) in [5, 5.41) is 0. The second-order valence-electron chi connectivity index (χ2n) is 16.1. The Kier molecular flexibility index (Phi) is 7.43. The molecule has 8 rings (SSSR count). The Bertz CT molecular complexity index is 1950. The Balaban J connectivity index is 1.12. The number of anilines is 4. The topological polar surface area (TPSA) is 15.7 Å². The first kappa shape index (κ1) is 30.8. The van der Waals surface area contributed by atoms with Crippen molar-refractivity contribution in [3.8, 4) is 5.75 Å². The van der Waals surface area contributed by atoms with Crippen molar-refractivity contribution in [3.63, 3.8) is 0 Å². The van der Waals surface area contributed by atoms with E-state index in [-0.39, 0.29) is 29.0 Å². The molecule has 244 valence electrons. The maximum atomic E-state index is 7.02. The van der Waals surface area contributed by atoms with Gasteiger partial charge in [0, 0.05) is 46.7 Å². The van der Waals surface area contributed by atoms with E-state index in [1.165, 1.54) is 50.6 Å². The third-order valence-electron chi connectivity index (χ3n) is 10.8. The van der Waals surface area contributed by atoms with Crippen molar-refractivity contribution in [2.45, 2.75) is 95.7 Å². The van der Waals surface area contributed by atoms with E-state index in [9.17, 15) is 0 Å². The number of nitrogens with zero attached hydrogens (tertiary/aromatic N) is 2. The van der Waals surface area contributed by atoms with Crippen LogP contribution in [0.25, 0.3) is 5.57 Å². The third kappa shape index (κ3) is 5.38. The van der Waals surface area contributed by atoms with Crippen LogP contribution in [0.2, 0.25) is 0 Å². The zero-order valence-corrected chi connectivity index (χ0v) is 29.3. The molecule has 0 saturated heterocycles. The maximum Gasteiger partial charge on any atom is 0.121 e. The van der Waals surface area contributed by atoms with Crippen LogP contribution >= 0.6 is 0 Å². The summed E-state index contributed by atoms with van der Waals surface area (Å²) in [5.74, 6) is 1.29. The average Bonchev–Trinajstić information content (AvgIpc) is 3.47.